The van der Waals surface area contributed by atoms with Crippen LogP contribution in [-0.4, -0.2) is 96.1 Å². The maximum atomic E-state index is 11.7. The van der Waals surface area contributed by atoms with Crippen LogP contribution in [0.1, 0.15) is 245 Å². The molecule has 6 nitrogen and oxygen atoms in total. The van der Waals surface area contributed by atoms with Crippen molar-refractivity contribution in [2.24, 2.45) is 9.98 Å². The van der Waals surface area contributed by atoms with Gasteiger partial charge in [0.15, 0.2) is 0 Å². The monoisotopic (exact) mass is 915 g/mol. The number of nitrogens with zero attached hydrogens (tertiary/aromatic N) is 4. The van der Waals surface area contributed by atoms with Gasteiger partial charge in [0.05, 0.1) is 64.4 Å². The number of rotatable bonds is 32. The Kier molecular flexibility index (Phi) is 25.6. The Morgan fingerprint density at radius 2 is 0.742 bits per heavy atom. The predicted molar refractivity (Wildman–Crippen MR) is 290 cm³/mol. The number of aromatic hydroxyl groups is 2. The van der Waals surface area contributed by atoms with Gasteiger partial charge in [0, 0.05) is 34.7 Å². The minimum absolute atomic E-state index is 0.0373. The van der Waals surface area contributed by atoms with Gasteiger partial charge in [-0.3, -0.25) is 9.98 Å². The van der Waals surface area contributed by atoms with Gasteiger partial charge in [0.2, 0.25) is 0 Å². The Hall–Kier alpha value is -2.70. The van der Waals surface area contributed by atoms with Gasteiger partial charge in [-0.2, -0.15) is 0 Å². The second-order valence-corrected chi connectivity index (χ2v) is 23.1. The average molecular weight is 916 g/mol. The summed E-state index contributed by atoms with van der Waals surface area (Å²) in [5, 5.41) is 23.5. The van der Waals surface area contributed by atoms with E-state index in [0.29, 0.717) is 11.5 Å². The molecule has 1 saturated carbocycles. The smallest absolute Gasteiger partial charge is 0.128 e. The van der Waals surface area contributed by atoms with Gasteiger partial charge in [0.1, 0.15) is 11.5 Å². The second kappa shape index (κ2) is 29.4. The van der Waals surface area contributed by atoms with Crippen molar-refractivity contribution in [1.29, 1.82) is 0 Å². The number of phenols is 2. The van der Waals surface area contributed by atoms with Gasteiger partial charge < -0.3 is 19.2 Å². The molecule has 1 fully saturated rings. The lowest BCUT2D eigenvalue weighted by Gasteiger charge is -2.39. The van der Waals surface area contributed by atoms with E-state index in [2.05, 4.69) is 107 Å². The van der Waals surface area contributed by atoms with Crippen LogP contribution in [0.25, 0.3) is 0 Å². The largest absolute Gasteiger partial charge is 0.507 e. The highest BCUT2D eigenvalue weighted by molar-refractivity contribution is 5.86. The number of unbranched alkanes of at least 4 members (excludes halogenated alkanes) is 8. The Balaban J connectivity index is 1.84. The normalized spacial score (nSPS) is 16.6. The molecule has 0 radical (unpaired) electrons. The topological polar surface area (TPSA) is 65.2 Å². The van der Waals surface area contributed by atoms with Gasteiger partial charge in [0.25, 0.3) is 0 Å². The molecule has 0 heterocycles. The van der Waals surface area contributed by atoms with Gasteiger partial charge in [-0.15, -0.1) is 0 Å². The fourth-order valence-electron chi connectivity index (χ4n) is 10.7. The zero-order valence-electron chi connectivity index (χ0n) is 45.5. The van der Waals surface area contributed by atoms with Crippen LogP contribution in [0.5, 0.6) is 11.5 Å². The third-order valence-corrected chi connectivity index (χ3v) is 15.1. The maximum Gasteiger partial charge on any atom is 0.128 e. The molecule has 0 aliphatic heterocycles. The van der Waals surface area contributed by atoms with Crippen LogP contribution in [0.3, 0.4) is 0 Å². The van der Waals surface area contributed by atoms with Gasteiger partial charge >= 0.3 is 0 Å². The molecule has 376 valence electrons. The molecular weight excluding hydrogens is 809 g/mol. The van der Waals surface area contributed by atoms with Crippen LogP contribution in [0, 0.1) is 0 Å². The van der Waals surface area contributed by atoms with Gasteiger partial charge in [-0.05, 0) is 124 Å². The summed E-state index contributed by atoms with van der Waals surface area (Å²) in [7, 11) is 0. The molecule has 1 aliphatic rings. The van der Waals surface area contributed by atoms with Crippen molar-refractivity contribution >= 4 is 12.4 Å². The number of hydrogen-bond acceptors (Lipinski definition) is 4. The van der Waals surface area contributed by atoms with Crippen molar-refractivity contribution in [2.45, 2.75) is 247 Å². The fourth-order valence-corrected chi connectivity index (χ4v) is 10.7. The lowest BCUT2D eigenvalue weighted by atomic mass is 9.83. The van der Waals surface area contributed by atoms with Crippen LogP contribution in [0.4, 0.5) is 0 Å². The number of benzene rings is 2. The van der Waals surface area contributed by atoms with Crippen LogP contribution in [-0.2, 0) is 23.7 Å². The molecule has 0 saturated heterocycles. The summed E-state index contributed by atoms with van der Waals surface area (Å²) in [4.78, 5) is 10.5. The quantitative estimate of drug-likeness (QED) is 0.0436. The second-order valence-electron chi connectivity index (χ2n) is 23.1. The molecule has 2 aromatic rings. The third kappa shape index (κ3) is 19.0. The first kappa shape index (κ1) is 57.6. The SMILES string of the molecule is CCCC[N+](CCCC)(CCCC)CCCCc1cc(C=N[C@H]2CCCC[C@@H]2N=Cc2cc(CCCC[N+](CCCC)(CCCC)CCCC)cc(C(C)(C)C)c2O)c(O)c(C(C)(C)C)c1. The van der Waals surface area contributed by atoms with Crippen LogP contribution < -0.4 is 0 Å². The van der Waals surface area contributed by atoms with Crippen LogP contribution in [0.15, 0.2) is 34.3 Å². The van der Waals surface area contributed by atoms with Gasteiger partial charge in [-0.25, -0.2) is 0 Å². The third-order valence-electron chi connectivity index (χ3n) is 15.1. The highest BCUT2D eigenvalue weighted by Gasteiger charge is 2.29. The Bertz CT molecular complexity index is 1550. The molecule has 0 spiro atoms. The first-order valence-electron chi connectivity index (χ1n) is 28.0. The van der Waals surface area contributed by atoms with Crippen molar-refractivity contribution in [3.8, 4) is 11.5 Å². The van der Waals surface area contributed by atoms with Gasteiger partial charge in [-0.1, -0.05) is 147 Å². The minimum Gasteiger partial charge on any atom is -0.507 e. The molecular formula is C60H106N4O2+2. The van der Waals surface area contributed by atoms with Crippen molar-refractivity contribution < 1.29 is 19.2 Å². The molecule has 0 unspecified atom stereocenters. The highest BCUT2D eigenvalue weighted by Crippen LogP contribution is 2.37. The summed E-state index contributed by atoms with van der Waals surface area (Å²) in [6.45, 7) is 37.7. The molecule has 0 aromatic heterocycles. The summed E-state index contributed by atoms with van der Waals surface area (Å²) in [6.07, 6.45) is 30.5. The summed E-state index contributed by atoms with van der Waals surface area (Å²) in [5.41, 5.74) is 5.92. The maximum absolute atomic E-state index is 11.7. The zero-order chi connectivity index (χ0) is 48.6. The number of aryl methyl sites for hydroxylation is 2. The average Bonchev–Trinajstić information content (AvgIpc) is 3.29. The van der Waals surface area contributed by atoms with Crippen molar-refractivity contribution in [3.05, 3.63) is 57.6 Å². The van der Waals surface area contributed by atoms with E-state index in [1.807, 2.05) is 12.4 Å². The van der Waals surface area contributed by atoms with Crippen LogP contribution >= 0.6 is 0 Å². The standard InChI is InChI=1S/C60H104N4O2/c1-13-19-35-63(36-20-14-2,37-21-15-3)41-29-27-31-49-43-51(57(65)53(45-49)59(7,8)9)47-61-55-33-25-26-34-56(55)62-48-52-44-50(46-54(58(52)66)60(10,11)12)32-28-30-42-64(38-22-16-4,39-23-17-5)40-24-18-6/h43-48,55-56H,13-42H2,1-12H3/p+2/t55-,56-/m0/s1. The predicted octanol–water partition coefficient (Wildman–Crippen LogP) is 15.6. The molecule has 66 heavy (non-hydrogen) atoms. The van der Waals surface area contributed by atoms with E-state index in [1.165, 1.54) is 162 Å². The first-order chi connectivity index (χ1) is 31.5. The Morgan fingerprint density at radius 1 is 0.455 bits per heavy atom. The number of aliphatic imine (C=N–C) groups is 2. The van der Waals surface area contributed by atoms with Crippen molar-refractivity contribution in [2.75, 3.05) is 52.4 Å². The molecule has 0 amide bonds. The molecule has 2 atom stereocenters. The van der Waals surface area contributed by atoms with Crippen molar-refractivity contribution in [1.82, 2.24) is 0 Å². The summed E-state index contributed by atoms with van der Waals surface area (Å²) in [6, 6.07) is 9.02. The van der Waals surface area contributed by atoms with E-state index in [4.69, 9.17) is 9.98 Å². The zero-order valence-corrected chi connectivity index (χ0v) is 45.5. The highest BCUT2D eigenvalue weighted by atomic mass is 16.3. The molecule has 1 aliphatic carbocycles. The lowest BCUT2D eigenvalue weighted by Crippen LogP contribution is -2.50. The minimum atomic E-state index is -0.184. The van der Waals surface area contributed by atoms with Crippen molar-refractivity contribution in [3.63, 3.8) is 0 Å². The molecule has 0 bridgehead atoms. The Labute approximate surface area is 408 Å². The summed E-state index contributed by atoms with van der Waals surface area (Å²) >= 11 is 0. The fraction of sp³-hybridized carbons (Fsp3) is 0.767. The lowest BCUT2D eigenvalue weighted by molar-refractivity contribution is -0.929. The van der Waals surface area contributed by atoms with E-state index in [-0.39, 0.29) is 22.9 Å². The number of phenolic OH excluding ortho intramolecular Hbond substituents is 2. The Morgan fingerprint density at radius 3 is 1.02 bits per heavy atom. The van der Waals surface area contributed by atoms with Crippen LogP contribution in [0.2, 0.25) is 0 Å². The first-order valence-corrected chi connectivity index (χ1v) is 28.0. The molecule has 2 N–H and O–H groups in total. The van der Waals surface area contributed by atoms with E-state index in [9.17, 15) is 10.2 Å². The number of quaternary nitrogens is 2. The summed E-state index contributed by atoms with van der Waals surface area (Å²) < 4.78 is 2.59. The van der Waals surface area contributed by atoms with E-state index in [1.54, 1.807) is 0 Å². The molecule has 2 aromatic carbocycles. The summed E-state index contributed by atoms with van der Waals surface area (Å²) in [5.74, 6) is 0.730. The number of hydrogen-bond donors (Lipinski definition) is 2. The molecule has 6 heteroatoms. The van der Waals surface area contributed by atoms with E-state index >= 15 is 0 Å². The van der Waals surface area contributed by atoms with E-state index in [0.717, 1.165) is 73.6 Å². The molecule has 3 rings (SSSR count). The van der Waals surface area contributed by atoms with E-state index < -0.39 is 0 Å².